The number of hydrogen-bond donors (Lipinski definition) is 0. The fourth-order valence-corrected chi connectivity index (χ4v) is 6.87. The molecule has 9 aromatic carbocycles. The van der Waals surface area contributed by atoms with Crippen LogP contribution in [-0.2, 0) is 0 Å². The first kappa shape index (κ1) is 33.3. The molecule has 0 atom stereocenters. The van der Waals surface area contributed by atoms with Crippen molar-refractivity contribution in [2.24, 2.45) is 0 Å². The van der Waals surface area contributed by atoms with Crippen LogP contribution in [0.4, 0.5) is 0 Å². The molecule has 0 saturated heterocycles. The van der Waals surface area contributed by atoms with E-state index < -0.39 is 0 Å². The van der Waals surface area contributed by atoms with Crippen LogP contribution in [0.25, 0.3) is 65.7 Å². The summed E-state index contributed by atoms with van der Waals surface area (Å²) < 4.78 is 0. The highest BCUT2D eigenvalue weighted by Gasteiger charge is 2.06. The van der Waals surface area contributed by atoms with Crippen molar-refractivity contribution in [1.29, 1.82) is 0 Å². The first-order valence-electron chi connectivity index (χ1n) is 17.7. The monoisotopic (exact) mass is 654 g/mol. The van der Waals surface area contributed by atoms with Crippen LogP contribution in [0.5, 0.6) is 0 Å². The second kappa shape index (κ2) is 15.5. The van der Waals surface area contributed by atoms with Crippen molar-refractivity contribution in [3.05, 3.63) is 217 Å². The molecule has 0 fully saturated rings. The van der Waals surface area contributed by atoms with Crippen molar-refractivity contribution in [2.75, 3.05) is 0 Å². The van der Waals surface area contributed by atoms with Crippen molar-refractivity contribution in [3.8, 4) is 33.4 Å². The Bertz CT molecular complexity index is 2450. The van der Waals surface area contributed by atoms with E-state index in [2.05, 4.69) is 221 Å². The minimum Gasteiger partial charge on any atom is -0.0622 e. The molecular formula is C51H42. The molecule has 0 radical (unpaired) electrons. The molecule has 0 heteroatoms. The molecule has 0 aromatic heterocycles. The van der Waals surface area contributed by atoms with E-state index in [9.17, 15) is 0 Å². The van der Waals surface area contributed by atoms with Gasteiger partial charge in [0, 0.05) is 0 Å². The van der Waals surface area contributed by atoms with Crippen molar-refractivity contribution >= 4 is 32.3 Å². The highest BCUT2D eigenvalue weighted by atomic mass is 14.1. The van der Waals surface area contributed by atoms with Crippen LogP contribution >= 0.6 is 0 Å². The minimum atomic E-state index is 1.28. The molecule has 0 bridgehead atoms. The van der Waals surface area contributed by atoms with E-state index in [1.54, 1.807) is 0 Å². The maximum atomic E-state index is 2.22. The summed E-state index contributed by atoms with van der Waals surface area (Å²) in [6.07, 6.45) is 0. The molecule has 51 heavy (non-hydrogen) atoms. The molecule has 0 spiro atoms. The normalized spacial score (nSPS) is 10.6. The van der Waals surface area contributed by atoms with Crippen LogP contribution < -0.4 is 0 Å². The average molecular weight is 655 g/mol. The molecule has 0 heterocycles. The van der Waals surface area contributed by atoms with Crippen molar-refractivity contribution in [3.63, 3.8) is 0 Å². The third-order valence-corrected chi connectivity index (χ3v) is 9.60. The summed E-state index contributed by atoms with van der Waals surface area (Å²) in [6, 6.07) is 70.8. The lowest BCUT2D eigenvalue weighted by atomic mass is 9.96. The molecule has 0 aliphatic rings. The van der Waals surface area contributed by atoms with Gasteiger partial charge in [-0.25, -0.2) is 0 Å². The molecule has 9 rings (SSSR count). The zero-order valence-electron chi connectivity index (χ0n) is 29.6. The van der Waals surface area contributed by atoms with Gasteiger partial charge in [-0.3, -0.25) is 0 Å². The van der Waals surface area contributed by atoms with Crippen LogP contribution in [0.3, 0.4) is 0 Å². The quantitative estimate of drug-likeness (QED) is 0.178. The number of hydrogen-bond acceptors (Lipinski definition) is 0. The molecule has 0 saturated carbocycles. The van der Waals surface area contributed by atoms with Gasteiger partial charge in [0.15, 0.2) is 0 Å². The van der Waals surface area contributed by atoms with Gasteiger partial charge in [-0.15, -0.1) is 0 Å². The van der Waals surface area contributed by atoms with Crippen molar-refractivity contribution < 1.29 is 0 Å². The Morgan fingerprint density at radius 1 is 0.235 bits per heavy atom. The van der Waals surface area contributed by atoms with E-state index in [1.807, 2.05) is 0 Å². The largest absolute Gasteiger partial charge is 0.0622 e. The summed E-state index contributed by atoms with van der Waals surface area (Å²) >= 11 is 0. The van der Waals surface area contributed by atoms with Gasteiger partial charge in [-0.2, -0.15) is 0 Å². The average Bonchev–Trinajstić information content (AvgIpc) is 3.19. The Morgan fingerprint density at radius 2 is 0.627 bits per heavy atom. The van der Waals surface area contributed by atoms with Gasteiger partial charge in [-0.05, 0) is 97.6 Å². The lowest BCUT2D eigenvalue weighted by Crippen LogP contribution is -1.83. The second-order valence-electron chi connectivity index (χ2n) is 13.1. The minimum absolute atomic E-state index is 1.28. The predicted octanol–water partition coefficient (Wildman–Crippen LogP) is 14.4. The third-order valence-electron chi connectivity index (χ3n) is 9.60. The van der Waals surface area contributed by atoms with Crippen LogP contribution in [-0.4, -0.2) is 0 Å². The maximum absolute atomic E-state index is 2.22. The first-order chi connectivity index (χ1) is 25.1. The summed E-state index contributed by atoms with van der Waals surface area (Å²) in [5, 5.41) is 7.96. The highest BCUT2D eigenvalue weighted by molar-refractivity contribution is 5.99. The molecule has 0 aliphatic heterocycles. The third kappa shape index (κ3) is 7.52. The molecular weight excluding hydrogens is 613 g/mol. The lowest BCUT2D eigenvalue weighted by Gasteiger charge is -2.09. The standard InChI is InChI=1S/3C17H14/c1-13-9-11-15(12-10-13)17-8-4-6-14-5-2-3-7-16(14)17;1-13-7-5-12-17-15(13)10-6-11-16(17)14-8-3-2-4-9-14;1-13-11-12-16(14-7-3-2-4-8-14)17-10-6-5-9-15(13)17/h3*2-12H,1H3. The Labute approximate surface area is 302 Å². The number of aryl methyl sites for hydroxylation is 3. The van der Waals surface area contributed by atoms with Gasteiger partial charge in [-0.1, -0.05) is 206 Å². The molecule has 0 aliphatic carbocycles. The SMILES string of the molecule is Cc1ccc(-c2cccc3ccccc23)cc1.Cc1ccc(-c2ccccc2)c2ccccc12.Cc1cccc2c(-c3ccccc3)cccc12. The molecule has 0 unspecified atom stereocenters. The summed E-state index contributed by atoms with van der Waals surface area (Å²) in [7, 11) is 0. The van der Waals surface area contributed by atoms with E-state index in [0.717, 1.165) is 0 Å². The van der Waals surface area contributed by atoms with Crippen LogP contribution in [0, 0.1) is 20.8 Å². The predicted molar refractivity (Wildman–Crippen MR) is 222 cm³/mol. The second-order valence-corrected chi connectivity index (χ2v) is 13.1. The molecule has 246 valence electrons. The van der Waals surface area contributed by atoms with Crippen LogP contribution in [0.1, 0.15) is 16.7 Å². The summed E-state index contributed by atoms with van der Waals surface area (Å²) in [6.45, 7) is 6.45. The Balaban J connectivity index is 0.000000119. The van der Waals surface area contributed by atoms with E-state index in [1.165, 1.54) is 82.4 Å². The summed E-state index contributed by atoms with van der Waals surface area (Å²) in [5.41, 5.74) is 11.7. The van der Waals surface area contributed by atoms with E-state index >= 15 is 0 Å². The number of rotatable bonds is 3. The Morgan fingerprint density at radius 3 is 1.27 bits per heavy atom. The highest BCUT2D eigenvalue weighted by Crippen LogP contribution is 2.32. The molecule has 0 amide bonds. The van der Waals surface area contributed by atoms with Gasteiger partial charge >= 0.3 is 0 Å². The summed E-state index contributed by atoms with van der Waals surface area (Å²) in [4.78, 5) is 0. The maximum Gasteiger partial charge on any atom is -0.0103 e. The fourth-order valence-electron chi connectivity index (χ4n) is 6.87. The zero-order valence-corrected chi connectivity index (χ0v) is 29.6. The number of fused-ring (bicyclic) bond motifs is 3. The van der Waals surface area contributed by atoms with Crippen molar-refractivity contribution in [1.82, 2.24) is 0 Å². The molecule has 0 N–H and O–H groups in total. The lowest BCUT2D eigenvalue weighted by molar-refractivity contribution is 1.47. The van der Waals surface area contributed by atoms with Gasteiger partial charge < -0.3 is 0 Å². The van der Waals surface area contributed by atoms with E-state index in [0.29, 0.717) is 0 Å². The Kier molecular flexibility index (Phi) is 10.1. The van der Waals surface area contributed by atoms with Gasteiger partial charge in [0.25, 0.3) is 0 Å². The van der Waals surface area contributed by atoms with E-state index in [-0.39, 0.29) is 0 Å². The van der Waals surface area contributed by atoms with E-state index in [4.69, 9.17) is 0 Å². The zero-order chi connectivity index (χ0) is 35.0. The van der Waals surface area contributed by atoms with Gasteiger partial charge in [0.05, 0.1) is 0 Å². The molecule has 9 aromatic rings. The topological polar surface area (TPSA) is 0 Å². The number of benzene rings is 9. The van der Waals surface area contributed by atoms with Crippen molar-refractivity contribution in [2.45, 2.75) is 20.8 Å². The van der Waals surface area contributed by atoms with Gasteiger partial charge in [0.2, 0.25) is 0 Å². The fraction of sp³-hybridized carbons (Fsp3) is 0.0588. The van der Waals surface area contributed by atoms with Crippen LogP contribution in [0.15, 0.2) is 200 Å². The summed E-state index contributed by atoms with van der Waals surface area (Å²) in [5.74, 6) is 0. The Hall–Kier alpha value is -6.24. The molecule has 0 nitrogen and oxygen atoms in total. The smallest absolute Gasteiger partial charge is 0.0103 e. The van der Waals surface area contributed by atoms with Crippen LogP contribution in [0.2, 0.25) is 0 Å². The van der Waals surface area contributed by atoms with Gasteiger partial charge in [0.1, 0.15) is 0 Å². The first-order valence-corrected chi connectivity index (χ1v) is 17.7.